The molecule has 1 heteroatoms. The van der Waals surface area contributed by atoms with E-state index in [9.17, 15) is 0 Å². The molecule has 0 radical (unpaired) electrons. The van der Waals surface area contributed by atoms with E-state index in [1.165, 1.54) is 70.1 Å². The van der Waals surface area contributed by atoms with Gasteiger partial charge in [0.25, 0.3) is 0 Å². The molecule has 1 heterocycles. The molecule has 0 bridgehead atoms. The van der Waals surface area contributed by atoms with Crippen LogP contribution in [-0.2, 0) is 0 Å². The molecule has 1 nitrogen and oxygen atoms in total. The number of rotatable bonds is 3. The Hall–Kier alpha value is -0.980. The zero-order chi connectivity index (χ0) is 12.9. The minimum atomic E-state index is 0.942. The summed E-state index contributed by atoms with van der Waals surface area (Å²) in [6.07, 6.45) is 11.8. The Morgan fingerprint density at radius 1 is 0.842 bits per heavy atom. The lowest BCUT2D eigenvalue weighted by atomic mass is 9.80. The Balaban J connectivity index is 1.55. The number of piperidine rings is 1. The number of para-hydroxylation sites is 1. The van der Waals surface area contributed by atoms with Gasteiger partial charge in [0, 0.05) is 18.8 Å². The third-order valence-corrected chi connectivity index (χ3v) is 5.03. The average Bonchev–Trinajstić information content (AvgIpc) is 2.49. The summed E-state index contributed by atoms with van der Waals surface area (Å²) in [6.45, 7) is 2.55. The van der Waals surface area contributed by atoms with Gasteiger partial charge in [0.15, 0.2) is 0 Å². The van der Waals surface area contributed by atoms with Gasteiger partial charge in [-0.15, -0.1) is 0 Å². The Morgan fingerprint density at radius 3 is 2.37 bits per heavy atom. The first kappa shape index (κ1) is 13.0. The Morgan fingerprint density at radius 2 is 1.58 bits per heavy atom. The van der Waals surface area contributed by atoms with Crippen LogP contribution in [0.1, 0.15) is 51.4 Å². The first-order chi connectivity index (χ1) is 9.42. The molecule has 1 saturated carbocycles. The highest BCUT2D eigenvalue weighted by Crippen LogP contribution is 2.33. The largest absolute Gasteiger partial charge is 0.371 e. The van der Waals surface area contributed by atoms with Crippen LogP contribution in [0.15, 0.2) is 30.3 Å². The smallest absolute Gasteiger partial charge is 0.0366 e. The van der Waals surface area contributed by atoms with Crippen molar-refractivity contribution in [3.05, 3.63) is 30.3 Å². The monoisotopic (exact) mass is 257 g/mol. The predicted octanol–water partition coefficient (Wildman–Crippen LogP) is 4.87. The van der Waals surface area contributed by atoms with Gasteiger partial charge in [0.2, 0.25) is 0 Å². The molecule has 104 valence electrons. The van der Waals surface area contributed by atoms with E-state index >= 15 is 0 Å². The van der Waals surface area contributed by atoms with Gasteiger partial charge in [-0.05, 0) is 43.2 Å². The maximum absolute atomic E-state index is 2.61. The van der Waals surface area contributed by atoms with Crippen LogP contribution in [0.3, 0.4) is 0 Å². The molecule has 0 unspecified atom stereocenters. The molecule has 0 aromatic heterocycles. The van der Waals surface area contributed by atoms with Crippen molar-refractivity contribution >= 4 is 5.69 Å². The molecule has 2 fully saturated rings. The van der Waals surface area contributed by atoms with Crippen molar-refractivity contribution in [2.75, 3.05) is 18.0 Å². The van der Waals surface area contributed by atoms with Crippen molar-refractivity contribution in [1.29, 1.82) is 0 Å². The molecule has 2 aliphatic rings. The second-order valence-electron chi connectivity index (χ2n) is 6.53. The number of hydrogen-bond donors (Lipinski definition) is 0. The van der Waals surface area contributed by atoms with Crippen LogP contribution in [-0.4, -0.2) is 13.1 Å². The van der Waals surface area contributed by atoms with Gasteiger partial charge in [-0.3, -0.25) is 0 Å². The van der Waals surface area contributed by atoms with Gasteiger partial charge >= 0.3 is 0 Å². The maximum atomic E-state index is 2.61. The minimum Gasteiger partial charge on any atom is -0.371 e. The van der Waals surface area contributed by atoms with Crippen molar-refractivity contribution in [2.45, 2.75) is 51.4 Å². The summed E-state index contributed by atoms with van der Waals surface area (Å²) in [7, 11) is 0. The highest BCUT2D eigenvalue weighted by Gasteiger charge is 2.24. The molecule has 3 rings (SSSR count). The van der Waals surface area contributed by atoms with Crippen LogP contribution in [0.25, 0.3) is 0 Å². The van der Waals surface area contributed by atoms with Gasteiger partial charge in [-0.2, -0.15) is 0 Å². The van der Waals surface area contributed by atoms with E-state index < -0.39 is 0 Å². The van der Waals surface area contributed by atoms with Crippen LogP contribution in [0.4, 0.5) is 5.69 Å². The maximum Gasteiger partial charge on any atom is 0.0366 e. The van der Waals surface area contributed by atoms with Crippen molar-refractivity contribution in [2.24, 2.45) is 11.8 Å². The van der Waals surface area contributed by atoms with E-state index in [2.05, 4.69) is 35.2 Å². The molecule has 0 spiro atoms. The topological polar surface area (TPSA) is 3.24 Å². The van der Waals surface area contributed by atoms with E-state index in [1.807, 2.05) is 0 Å². The van der Waals surface area contributed by atoms with Crippen molar-refractivity contribution in [1.82, 2.24) is 0 Å². The highest BCUT2D eigenvalue weighted by molar-refractivity contribution is 5.46. The fraction of sp³-hybridized carbons (Fsp3) is 0.667. The highest BCUT2D eigenvalue weighted by atomic mass is 15.1. The second-order valence-corrected chi connectivity index (χ2v) is 6.53. The van der Waals surface area contributed by atoms with Crippen molar-refractivity contribution in [3.8, 4) is 0 Å². The zero-order valence-electron chi connectivity index (χ0n) is 12.1. The number of hydrogen-bond acceptors (Lipinski definition) is 1. The average molecular weight is 257 g/mol. The number of anilines is 1. The van der Waals surface area contributed by atoms with Gasteiger partial charge in [0.1, 0.15) is 0 Å². The molecule has 0 N–H and O–H groups in total. The summed E-state index contributed by atoms with van der Waals surface area (Å²) in [5, 5.41) is 0. The zero-order valence-corrected chi connectivity index (χ0v) is 12.1. The first-order valence-electron chi connectivity index (χ1n) is 8.22. The van der Waals surface area contributed by atoms with E-state index in [0.29, 0.717) is 0 Å². The third kappa shape index (κ3) is 3.52. The fourth-order valence-corrected chi connectivity index (χ4v) is 4.03. The van der Waals surface area contributed by atoms with Crippen LogP contribution < -0.4 is 4.90 Å². The standard InChI is InChI=1S/C18H27N/c1-3-8-16(9-4-1)14-17-10-7-13-19(15-17)18-11-5-2-6-12-18/h2,5-6,11-12,16-17H,1,3-4,7-10,13-15H2/t17-/m0/s1. The van der Waals surface area contributed by atoms with E-state index in [-0.39, 0.29) is 0 Å². The Bertz CT molecular complexity index is 367. The van der Waals surface area contributed by atoms with Gasteiger partial charge in [-0.1, -0.05) is 50.3 Å². The molecular formula is C18H27N. The molecule has 0 amide bonds. The lowest BCUT2D eigenvalue weighted by molar-refractivity contribution is 0.266. The Kier molecular flexibility index (Phi) is 4.42. The summed E-state index contributed by atoms with van der Waals surface area (Å²) in [5.74, 6) is 1.98. The molecule has 1 aliphatic carbocycles. The van der Waals surface area contributed by atoms with Crippen molar-refractivity contribution in [3.63, 3.8) is 0 Å². The molecular weight excluding hydrogens is 230 g/mol. The SMILES string of the molecule is c1ccc(N2CCC[C@@H](CC3CCCCC3)C2)cc1. The van der Waals surface area contributed by atoms with E-state index in [0.717, 1.165) is 11.8 Å². The fourth-order valence-electron chi connectivity index (χ4n) is 4.03. The van der Waals surface area contributed by atoms with Gasteiger partial charge < -0.3 is 4.90 Å². The van der Waals surface area contributed by atoms with Crippen LogP contribution >= 0.6 is 0 Å². The first-order valence-corrected chi connectivity index (χ1v) is 8.22. The normalized spacial score (nSPS) is 25.5. The summed E-state index contributed by atoms with van der Waals surface area (Å²) in [5.41, 5.74) is 1.43. The summed E-state index contributed by atoms with van der Waals surface area (Å²) in [4.78, 5) is 2.61. The molecule has 19 heavy (non-hydrogen) atoms. The lowest BCUT2D eigenvalue weighted by Gasteiger charge is -2.36. The Labute approximate surface area is 118 Å². The molecule has 1 aliphatic heterocycles. The predicted molar refractivity (Wildman–Crippen MR) is 82.6 cm³/mol. The quantitative estimate of drug-likeness (QED) is 0.746. The molecule has 1 aromatic rings. The van der Waals surface area contributed by atoms with Crippen LogP contribution in [0, 0.1) is 11.8 Å². The van der Waals surface area contributed by atoms with Crippen molar-refractivity contribution < 1.29 is 0 Å². The van der Waals surface area contributed by atoms with Gasteiger partial charge in [-0.25, -0.2) is 0 Å². The van der Waals surface area contributed by atoms with Crippen LogP contribution in [0.5, 0.6) is 0 Å². The lowest BCUT2D eigenvalue weighted by Crippen LogP contribution is -2.36. The molecule has 1 atom stereocenters. The summed E-state index contributed by atoms with van der Waals surface area (Å²) in [6, 6.07) is 11.0. The second kappa shape index (κ2) is 6.45. The minimum absolute atomic E-state index is 0.942. The van der Waals surface area contributed by atoms with E-state index in [4.69, 9.17) is 0 Å². The van der Waals surface area contributed by atoms with Crippen LogP contribution in [0.2, 0.25) is 0 Å². The molecule has 1 aromatic carbocycles. The van der Waals surface area contributed by atoms with Gasteiger partial charge in [0.05, 0.1) is 0 Å². The summed E-state index contributed by atoms with van der Waals surface area (Å²) >= 11 is 0. The molecule has 1 saturated heterocycles. The third-order valence-electron chi connectivity index (χ3n) is 5.03. The number of benzene rings is 1. The summed E-state index contributed by atoms with van der Waals surface area (Å²) < 4.78 is 0. The number of nitrogens with zero attached hydrogens (tertiary/aromatic N) is 1. The van der Waals surface area contributed by atoms with E-state index in [1.54, 1.807) is 0 Å².